The second-order valence-corrected chi connectivity index (χ2v) is 6.36. The smallest absolute Gasteiger partial charge is 0.142 e. The van der Waals surface area contributed by atoms with Crippen LogP contribution in [-0.4, -0.2) is 4.98 Å². The zero-order valence-electron chi connectivity index (χ0n) is 11.0. The van der Waals surface area contributed by atoms with Gasteiger partial charge in [0.1, 0.15) is 11.3 Å². The third-order valence-corrected chi connectivity index (χ3v) is 4.67. The summed E-state index contributed by atoms with van der Waals surface area (Å²) in [7, 11) is 0. The maximum atomic E-state index is 13.6. The molecule has 0 fully saturated rings. The largest absolute Gasteiger partial charge is 0.376 e. The lowest BCUT2D eigenvalue weighted by Crippen LogP contribution is -2.08. The first-order valence-corrected chi connectivity index (χ1v) is 7.93. The molecule has 1 heterocycles. The third-order valence-electron chi connectivity index (χ3n) is 3.26. The highest BCUT2D eigenvalue weighted by molar-refractivity contribution is 7.16. The Morgan fingerprint density at radius 2 is 1.95 bits per heavy atom. The standard InChI is InChI=1S/C15H11Cl2FN2S/c1-8(9-2-3-10(16)12(18)6-9)20-14-11(17)4-5-13-15(14)19-7-21-13/h2-8,20H,1H3. The van der Waals surface area contributed by atoms with Gasteiger partial charge in [0, 0.05) is 6.04 Å². The normalized spacial score (nSPS) is 12.6. The maximum Gasteiger partial charge on any atom is 0.142 e. The molecule has 6 heteroatoms. The minimum atomic E-state index is -0.430. The van der Waals surface area contributed by atoms with Crippen molar-refractivity contribution in [1.82, 2.24) is 4.98 Å². The highest BCUT2D eigenvalue weighted by Crippen LogP contribution is 2.34. The van der Waals surface area contributed by atoms with Gasteiger partial charge in [0.25, 0.3) is 0 Å². The predicted octanol–water partition coefficient (Wildman–Crippen LogP) is 5.92. The van der Waals surface area contributed by atoms with E-state index in [4.69, 9.17) is 23.2 Å². The molecule has 0 saturated carbocycles. The fourth-order valence-corrected chi connectivity index (χ4v) is 3.13. The van der Waals surface area contributed by atoms with Crippen LogP contribution < -0.4 is 5.32 Å². The molecule has 0 spiro atoms. The Labute approximate surface area is 135 Å². The van der Waals surface area contributed by atoms with Crippen LogP contribution in [0.15, 0.2) is 35.8 Å². The Balaban J connectivity index is 1.95. The molecule has 3 rings (SSSR count). The van der Waals surface area contributed by atoms with Crippen molar-refractivity contribution in [2.45, 2.75) is 13.0 Å². The van der Waals surface area contributed by atoms with Gasteiger partial charge in [-0.05, 0) is 36.8 Å². The van der Waals surface area contributed by atoms with Crippen molar-refractivity contribution < 1.29 is 4.39 Å². The molecule has 108 valence electrons. The fraction of sp³-hybridized carbons (Fsp3) is 0.133. The van der Waals surface area contributed by atoms with Gasteiger partial charge >= 0.3 is 0 Å². The molecule has 21 heavy (non-hydrogen) atoms. The van der Waals surface area contributed by atoms with Crippen molar-refractivity contribution in [3.63, 3.8) is 0 Å². The molecule has 1 atom stereocenters. The summed E-state index contributed by atoms with van der Waals surface area (Å²) >= 11 is 13.5. The number of rotatable bonds is 3. The lowest BCUT2D eigenvalue weighted by molar-refractivity contribution is 0.624. The summed E-state index contributed by atoms with van der Waals surface area (Å²) in [6.45, 7) is 1.93. The van der Waals surface area contributed by atoms with Gasteiger partial charge in [-0.15, -0.1) is 11.3 Å². The Morgan fingerprint density at radius 1 is 1.19 bits per heavy atom. The van der Waals surface area contributed by atoms with Crippen LogP contribution in [-0.2, 0) is 0 Å². The maximum absolute atomic E-state index is 13.6. The van der Waals surface area contributed by atoms with Crippen LogP contribution >= 0.6 is 34.5 Å². The van der Waals surface area contributed by atoms with Crippen molar-refractivity contribution in [3.8, 4) is 0 Å². The summed E-state index contributed by atoms with van der Waals surface area (Å²) in [4.78, 5) is 4.33. The molecule has 1 N–H and O–H groups in total. The van der Waals surface area contributed by atoms with E-state index in [0.717, 1.165) is 21.5 Å². The van der Waals surface area contributed by atoms with Crippen molar-refractivity contribution in [3.05, 3.63) is 57.3 Å². The van der Waals surface area contributed by atoms with Crippen molar-refractivity contribution in [2.75, 3.05) is 5.32 Å². The summed E-state index contributed by atoms with van der Waals surface area (Å²) in [6, 6.07) is 8.41. The minimum Gasteiger partial charge on any atom is -0.376 e. The summed E-state index contributed by atoms with van der Waals surface area (Å²) in [5.74, 6) is -0.430. The molecular weight excluding hydrogens is 330 g/mol. The van der Waals surface area contributed by atoms with Crippen molar-refractivity contribution in [2.24, 2.45) is 0 Å². The third kappa shape index (κ3) is 2.84. The molecule has 0 aliphatic carbocycles. The molecule has 1 aromatic heterocycles. The van der Waals surface area contributed by atoms with Crippen LogP contribution in [0.25, 0.3) is 10.2 Å². The van der Waals surface area contributed by atoms with E-state index in [2.05, 4.69) is 10.3 Å². The first-order chi connectivity index (χ1) is 10.1. The minimum absolute atomic E-state index is 0.116. The van der Waals surface area contributed by atoms with Gasteiger partial charge in [0.15, 0.2) is 0 Å². The molecule has 0 saturated heterocycles. The molecule has 3 aromatic rings. The average Bonchev–Trinajstić information content (AvgIpc) is 2.93. The molecule has 1 unspecified atom stereocenters. The highest BCUT2D eigenvalue weighted by atomic mass is 35.5. The topological polar surface area (TPSA) is 24.9 Å². The highest BCUT2D eigenvalue weighted by Gasteiger charge is 2.14. The molecule has 0 aliphatic heterocycles. The van der Waals surface area contributed by atoms with E-state index in [0.29, 0.717) is 5.02 Å². The van der Waals surface area contributed by atoms with Gasteiger partial charge in [0.05, 0.1) is 25.9 Å². The number of nitrogens with zero attached hydrogens (tertiary/aromatic N) is 1. The van der Waals surface area contributed by atoms with E-state index >= 15 is 0 Å². The zero-order chi connectivity index (χ0) is 15.0. The van der Waals surface area contributed by atoms with E-state index in [1.165, 1.54) is 6.07 Å². The summed E-state index contributed by atoms with van der Waals surface area (Å²) in [5.41, 5.74) is 4.16. The van der Waals surface area contributed by atoms with Crippen LogP contribution in [0.1, 0.15) is 18.5 Å². The lowest BCUT2D eigenvalue weighted by atomic mass is 10.1. The Hall–Kier alpha value is -1.36. The number of hydrogen-bond donors (Lipinski definition) is 1. The summed E-state index contributed by atoms with van der Waals surface area (Å²) in [6.07, 6.45) is 0. The second kappa shape index (κ2) is 5.79. The van der Waals surface area contributed by atoms with Crippen LogP contribution in [0, 0.1) is 5.82 Å². The number of aromatic nitrogens is 1. The monoisotopic (exact) mass is 340 g/mol. The van der Waals surface area contributed by atoms with Crippen LogP contribution in [0.4, 0.5) is 10.1 Å². The van der Waals surface area contributed by atoms with E-state index in [9.17, 15) is 4.39 Å². The summed E-state index contributed by atoms with van der Waals surface area (Å²) in [5, 5.41) is 4.01. The van der Waals surface area contributed by atoms with Crippen LogP contribution in [0.2, 0.25) is 10.0 Å². The van der Waals surface area contributed by atoms with Crippen LogP contribution in [0.3, 0.4) is 0 Å². The van der Waals surface area contributed by atoms with E-state index in [-0.39, 0.29) is 11.1 Å². The predicted molar refractivity (Wildman–Crippen MR) is 88.1 cm³/mol. The van der Waals surface area contributed by atoms with Gasteiger partial charge in [-0.3, -0.25) is 0 Å². The van der Waals surface area contributed by atoms with Gasteiger partial charge in [0.2, 0.25) is 0 Å². The first kappa shape index (κ1) is 14.6. The van der Waals surface area contributed by atoms with E-state index in [1.54, 1.807) is 29.0 Å². The second-order valence-electron chi connectivity index (χ2n) is 4.66. The SMILES string of the molecule is CC(Nc1c(Cl)ccc2scnc12)c1ccc(Cl)c(F)c1. The number of hydrogen-bond acceptors (Lipinski definition) is 3. The summed E-state index contributed by atoms with van der Waals surface area (Å²) < 4.78 is 14.6. The number of fused-ring (bicyclic) bond motifs is 1. The van der Waals surface area contributed by atoms with Gasteiger partial charge in [-0.25, -0.2) is 9.37 Å². The Bertz CT molecular complexity index is 803. The molecule has 0 aliphatic rings. The van der Waals surface area contributed by atoms with Gasteiger partial charge in [-0.1, -0.05) is 29.3 Å². The van der Waals surface area contributed by atoms with Gasteiger partial charge < -0.3 is 5.32 Å². The number of halogens is 3. The number of thiazole rings is 1. The van der Waals surface area contributed by atoms with Crippen molar-refractivity contribution in [1.29, 1.82) is 0 Å². The zero-order valence-corrected chi connectivity index (χ0v) is 13.4. The Morgan fingerprint density at radius 3 is 2.71 bits per heavy atom. The molecule has 2 aromatic carbocycles. The number of anilines is 1. The van der Waals surface area contributed by atoms with E-state index in [1.807, 2.05) is 19.1 Å². The van der Waals surface area contributed by atoms with Gasteiger partial charge in [-0.2, -0.15) is 0 Å². The molecule has 2 nitrogen and oxygen atoms in total. The lowest BCUT2D eigenvalue weighted by Gasteiger charge is -2.17. The molecule has 0 bridgehead atoms. The molecule has 0 amide bonds. The number of nitrogens with one attached hydrogen (secondary N) is 1. The average molecular weight is 341 g/mol. The fourth-order valence-electron chi connectivity index (χ4n) is 2.13. The molecule has 0 radical (unpaired) electrons. The molecular formula is C15H11Cl2FN2S. The van der Waals surface area contributed by atoms with E-state index < -0.39 is 5.82 Å². The number of benzene rings is 2. The van der Waals surface area contributed by atoms with Crippen molar-refractivity contribution >= 4 is 50.4 Å². The first-order valence-electron chi connectivity index (χ1n) is 6.29. The van der Waals surface area contributed by atoms with Crippen LogP contribution in [0.5, 0.6) is 0 Å². The Kier molecular flexibility index (Phi) is 4.02. The quantitative estimate of drug-likeness (QED) is 0.640.